The maximum atomic E-state index is 12.3. The normalized spacial score (nSPS) is 10.3. The molecule has 0 saturated heterocycles. The molecule has 0 saturated carbocycles. The average Bonchev–Trinajstić information content (AvgIpc) is 2.52. The monoisotopic (exact) mass is 324 g/mol. The van der Waals surface area contributed by atoms with Crippen LogP contribution in [0.4, 0.5) is 0 Å². The second-order valence-electron chi connectivity index (χ2n) is 4.68. The third kappa shape index (κ3) is 7.45. The molecule has 5 nitrogen and oxygen atoms in total. The fourth-order valence-corrected chi connectivity index (χ4v) is 2.53. The first kappa shape index (κ1) is 18.5. The molecule has 0 spiro atoms. The van der Waals surface area contributed by atoms with Gasteiger partial charge in [0.2, 0.25) is 5.91 Å². The van der Waals surface area contributed by atoms with Gasteiger partial charge in [-0.3, -0.25) is 14.6 Å². The van der Waals surface area contributed by atoms with E-state index >= 15 is 0 Å². The Balaban J connectivity index is 2.59. The lowest BCUT2D eigenvalue weighted by atomic mass is 10.2. The van der Waals surface area contributed by atoms with Gasteiger partial charge in [-0.15, -0.1) is 0 Å². The number of thioether (sulfide) groups is 1. The van der Waals surface area contributed by atoms with E-state index < -0.39 is 0 Å². The van der Waals surface area contributed by atoms with Gasteiger partial charge in [0.1, 0.15) is 0 Å². The predicted molar refractivity (Wildman–Crippen MR) is 88.5 cm³/mol. The number of rotatable bonds is 10. The van der Waals surface area contributed by atoms with Gasteiger partial charge in [0, 0.05) is 37.7 Å². The molecule has 1 aromatic heterocycles. The molecule has 0 bridgehead atoms. The van der Waals surface area contributed by atoms with Crippen molar-refractivity contribution in [3.8, 4) is 0 Å². The van der Waals surface area contributed by atoms with Crippen LogP contribution >= 0.6 is 11.8 Å². The summed E-state index contributed by atoms with van der Waals surface area (Å²) in [7, 11) is 0. The predicted octanol–water partition coefficient (Wildman–Crippen LogP) is 2.51. The number of hydrogen-bond donors (Lipinski definition) is 0. The molecule has 0 N–H and O–H groups in total. The summed E-state index contributed by atoms with van der Waals surface area (Å²) >= 11 is 1.74. The first-order valence-corrected chi connectivity index (χ1v) is 8.72. The second kappa shape index (κ2) is 11.1. The maximum absolute atomic E-state index is 12.3. The molecule has 0 fully saturated rings. The summed E-state index contributed by atoms with van der Waals surface area (Å²) < 4.78 is 4.93. The Kier molecular flexibility index (Phi) is 9.30. The minimum atomic E-state index is -0.269. The molecule has 6 heteroatoms. The summed E-state index contributed by atoms with van der Waals surface area (Å²) in [5.74, 6) is 1.60. The number of amides is 1. The van der Waals surface area contributed by atoms with E-state index in [-0.39, 0.29) is 18.3 Å². The zero-order valence-electron chi connectivity index (χ0n) is 13.3. The third-order valence-electron chi connectivity index (χ3n) is 3.00. The summed E-state index contributed by atoms with van der Waals surface area (Å²) in [4.78, 5) is 29.6. The molecule has 22 heavy (non-hydrogen) atoms. The summed E-state index contributed by atoms with van der Waals surface area (Å²) in [5, 5.41) is 0. The largest absolute Gasteiger partial charge is 0.466 e. The van der Waals surface area contributed by atoms with Gasteiger partial charge < -0.3 is 9.64 Å². The van der Waals surface area contributed by atoms with Gasteiger partial charge in [-0.2, -0.15) is 11.8 Å². The number of esters is 1. The molecule has 0 aliphatic heterocycles. The first-order valence-electron chi connectivity index (χ1n) is 7.57. The summed E-state index contributed by atoms with van der Waals surface area (Å²) in [5.41, 5.74) is 0.961. The van der Waals surface area contributed by atoms with E-state index in [1.165, 1.54) is 0 Å². The van der Waals surface area contributed by atoms with Crippen LogP contribution in [0.15, 0.2) is 24.5 Å². The van der Waals surface area contributed by atoms with Crippen LogP contribution in [0.3, 0.4) is 0 Å². The van der Waals surface area contributed by atoms with Gasteiger partial charge in [0.15, 0.2) is 0 Å². The number of ether oxygens (including phenoxy) is 1. The molecule has 0 aliphatic carbocycles. The van der Waals surface area contributed by atoms with Crippen LogP contribution in [0.2, 0.25) is 0 Å². The fourth-order valence-electron chi connectivity index (χ4n) is 1.93. The van der Waals surface area contributed by atoms with Crippen molar-refractivity contribution in [3.05, 3.63) is 30.1 Å². The number of nitrogens with zero attached hydrogens (tertiary/aromatic N) is 2. The molecular formula is C16H24N2O3S. The zero-order chi connectivity index (χ0) is 16.2. The van der Waals surface area contributed by atoms with E-state index in [1.54, 1.807) is 36.0 Å². The molecule has 1 amide bonds. The Labute approximate surface area is 136 Å². The van der Waals surface area contributed by atoms with Crippen molar-refractivity contribution in [1.29, 1.82) is 0 Å². The van der Waals surface area contributed by atoms with E-state index in [2.05, 4.69) is 11.9 Å². The Morgan fingerprint density at radius 1 is 1.32 bits per heavy atom. The Morgan fingerprint density at radius 3 is 2.77 bits per heavy atom. The van der Waals surface area contributed by atoms with Crippen molar-refractivity contribution in [2.24, 2.45) is 0 Å². The first-order chi connectivity index (χ1) is 10.7. The molecule has 1 heterocycles. The zero-order valence-corrected chi connectivity index (χ0v) is 14.1. The molecule has 0 aromatic carbocycles. The number of aromatic nitrogens is 1. The van der Waals surface area contributed by atoms with Crippen LogP contribution < -0.4 is 0 Å². The van der Waals surface area contributed by atoms with Crippen LogP contribution in [0.25, 0.3) is 0 Å². The topological polar surface area (TPSA) is 59.5 Å². The third-order valence-corrected chi connectivity index (χ3v) is 3.91. The van der Waals surface area contributed by atoms with Crippen molar-refractivity contribution in [2.75, 3.05) is 24.7 Å². The minimum Gasteiger partial charge on any atom is -0.466 e. The van der Waals surface area contributed by atoms with Crippen LogP contribution in [0, 0.1) is 0 Å². The van der Waals surface area contributed by atoms with Crippen LogP contribution in [-0.4, -0.2) is 46.4 Å². The van der Waals surface area contributed by atoms with E-state index in [0.717, 1.165) is 17.1 Å². The van der Waals surface area contributed by atoms with E-state index in [4.69, 9.17) is 4.74 Å². The quantitative estimate of drug-likeness (QED) is 0.489. The van der Waals surface area contributed by atoms with Crippen molar-refractivity contribution < 1.29 is 14.3 Å². The van der Waals surface area contributed by atoms with Gasteiger partial charge in [0.25, 0.3) is 0 Å². The van der Waals surface area contributed by atoms with Crippen molar-refractivity contribution >= 4 is 23.6 Å². The molecule has 1 aromatic rings. The highest BCUT2D eigenvalue weighted by Crippen LogP contribution is 2.09. The van der Waals surface area contributed by atoms with Gasteiger partial charge in [0.05, 0.1) is 13.0 Å². The molecular weight excluding hydrogens is 300 g/mol. The number of carbonyl (C=O) groups excluding carboxylic acids is 2. The van der Waals surface area contributed by atoms with E-state index in [1.807, 2.05) is 12.1 Å². The highest BCUT2D eigenvalue weighted by atomic mass is 32.2. The standard InChI is InChI=1S/C16H24N2O3S/c1-3-21-16(20)7-10-18(15(19)8-11-22-4-2)13-14-6-5-9-17-12-14/h5-6,9,12H,3-4,7-8,10-11,13H2,1-2H3. The van der Waals surface area contributed by atoms with E-state index in [9.17, 15) is 9.59 Å². The molecule has 122 valence electrons. The smallest absolute Gasteiger partial charge is 0.307 e. The van der Waals surface area contributed by atoms with Gasteiger partial charge in [-0.05, 0) is 24.3 Å². The lowest BCUT2D eigenvalue weighted by Gasteiger charge is -2.22. The second-order valence-corrected chi connectivity index (χ2v) is 6.07. The average molecular weight is 324 g/mol. The molecule has 0 atom stereocenters. The highest BCUT2D eigenvalue weighted by Gasteiger charge is 2.15. The van der Waals surface area contributed by atoms with Gasteiger partial charge in [-0.1, -0.05) is 13.0 Å². The van der Waals surface area contributed by atoms with Gasteiger partial charge in [-0.25, -0.2) is 0 Å². The van der Waals surface area contributed by atoms with E-state index in [0.29, 0.717) is 26.1 Å². The maximum Gasteiger partial charge on any atom is 0.307 e. The molecule has 0 radical (unpaired) electrons. The Hall–Kier alpha value is -1.56. The number of carbonyl (C=O) groups is 2. The molecule has 1 rings (SSSR count). The van der Waals surface area contributed by atoms with Crippen LogP contribution in [0.1, 0.15) is 32.3 Å². The fraction of sp³-hybridized carbons (Fsp3) is 0.562. The number of hydrogen-bond acceptors (Lipinski definition) is 5. The SMILES string of the molecule is CCOC(=O)CCN(Cc1cccnc1)C(=O)CCSCC. The van der Waals surface area contributed by atoms with Gasteiger partial charge >= 0.3 is 5.97 Å². The minimum absolute atomic E-state index is 0.0640. The number of pyridine rings is 1. The molecule has 0 aliphatic rings. The van der Waals surface area contributed by atoms with Crippen LogP contribution in [0.5, 0.6) is 0 Å². The Morgan fingerprint density at radius 2 is 2.14 bits per heavy atom. The van der Waals surface area contributed by atoms with Crippen molar-refractivity contribution in [1.82, 2.24) is 9.88 Å². The summed E-state index contributed by atoms with van der Waals surface area (Å²) in [6.07, 6.45) is 4.15. The lowest BCUT2D eigenvalue weighted by molar-refractivity contribution is -0.144. The van der Waals surface area contributed by atoms with Crippen molar-refractivity contribution in [2.45, 2.75) is 33.2 Å². The highest BCUT2D eigenvalue weighted by molar-refractivity contribution is 7.99. The Bertz CT molecular complexity index is 454. The summed E-state index contributed by atoms with van der Waals surface area (Å²) in [6, 6.07) is 3.77. The lowest BCUT2D eigenvalue weighted by Crippen LogP contribution is -2.33. The molecule has 0 unspecified atom stereocenters. The van der Waals surface area contributed by atoms with Crippen molar-refractivity contribution in [3.63, 3.8) is 0 Å². The summed E-state index contributed by atoms with van der Waals surface area (Å²) in [6.45, 7) is 5.07. The van der Waals surface area contributed by atoms with Crippen LogP contribution in [-0.2, 0) is 20.9 Å².